The molecule has 0 aliphatic rings. The number of carboxylic acid groups (broad SMARTS) is 1. The molecule has 1 aromatic rings. The van der Waals surface area contributed by atoms with Gasteiger partial charge in [-0.2, -0.15) is 0 Å². The Hall–Kier alpha value is -2.10. The monoisotopic (exact) mass is 388 g/mol. The maximum atomic E-state index is 11.6. The number of benzene rings is 1. The Balaban J connectivity index is 2.23. The van der Waals surface area contributed by atoms with E-state index in [1.165, 1.54) is 57.9 Å². The van der Waals surface area contributed by atoms with Crippen molar-refractivity contribution < 1.29 is 19.4 Å². The van der Waals surface area contributed by atoms with Gasteiger partial charge in [0, 0.05) is 6.92 Å². The summed E-state index contributed by atoms with van der Waals surface area (Å²) in [6.45, 7) is 3.51. The van der Waals surface area contributed by atoms with Crippen molar-refractivity contribution in [3.8, 4) is 5.75 Å². The summed E-state index contributed by atoms with van der Waals surface area (Å²) in [5, 5.41) is 9.47. The van der Waals surface area contributed by atoms with Crippen molar-refractivity contribution in [2.45, 2.75) is 90.9 Å². The normalized spacial score (nSPS) is 11.1. The minimum atomic E-state index is -1.05. The van der Waals surface area contributed by atoms with E-state index >= 15 is 0 Å². The van der Waals surface area contributed by atoms with Gasteiger partial charge in [0.25, 0.3) is 0 Å². The van der Waals surface area contributed by atoms with Crippen molar-refractivity contribution in [3.63, 3.8) is 0 Å². The minimum Gasteiger partial charge on any atom is -0.478 e. The average Bonchev–Trinajstić information content (AvgIpc) is 2.65. The number of carbonyl (C=O) groups is 2. The van der Waals surface area contributed by atoms with Crippen molar-refractivity contribution in [3.05, 3.63) is 41.5 Å². The standard InChI is InChI=1S/C24H36O4/c1-3-4-5-6-7-8-9-10-11-12-13-14-15-17-21-18-16-19-22(28-20(2)25)23(21)24(26)27/h8-9,16,18-19H,3-7,10-15,17H2,1-2H3,(H,26,27). The molecule has 0 bridgehead atoms. The van der Waals surface area contributed by atoms with E-state index in [0.29, 0.717) is 6.42 Å². The third-order valence-corrected chi connectivity index (χ3v) is 4.79. The highest BCUT2D eigenvalue weighted by Gasteiger charge is 2.17. The summed E-state index contributed by atoms with van der Waals surface area (Å²) in [4.78, 5) is 22.7. The van der Waals surface area contributed by atoms with E-state index in [-0.39, 0.29) is 11.3 Å². The van der Waals surface area contributed by atoms with Gasteiger partial charge in [0.05, 0.1) is 0 Å². The molecule has 0 amide bonds. The van der Waals surface area contributed by atoms with Crippen molar-refractivity contribution in [1.82, 2.24) is 0 Å². The number of carbonyl (C=O) groups excluding carboxylic acids is 1. The first kappa shape index (κ1) is 23.9. The number of rotatable bonds is 15. The largest absolute Gasteiger partial charge is 0.478 e. The number of carboxylic acids is 1. The van der Waals surface area contributed by atoms with Crippen molar-refractivity contribution >= 4 is 11.9 Å². The van der Waals surface area contributed by atoms with Crippen LogP contribution in [-0.2, 0) is 11.2 Å². The van der Waals surface area contributed by atoms with Gasteiger partial charge in [-0.3, -0.25) is 4.79 Å². The number of esters is 1. The van der Waals surface area contributed by atoms with Crippen LogP contribution < -0.4 is 4.74 Å². The molecule has 156 valence electrons. The van der Waals surface area contributed by atoms with Gasteiger partial charge in [0.2, 0.25) is 0 Å². The van der Waals surface area contributed by atoms with E-state index in [1.807, 2.05) is 6.07 Å². The number of aromatic carboxylic acids is 1. The van der Waals surface area contributed by atoms with Crippen LogP contribution in [0.4, 0.5) is 0 Å². The van der Waals surface area contributed by atoms with E-state index in [2.05, 4.69) is 19.1 Å². The van der Waals surface area contributed by atoms with Gasteiger partial charge in [-0.25, -0.2) is 4.79 Å². The second-order valence-electron chi connectivity index (χ2n) is 7.32. The number of hydrogen-bond donors (Lipinski definition) is 1. The van der Waals surface area contributed by atoms with Gasteiger partial charge in [0.1, 0.15) is 11.3 Å². The molecule has 0 saturated heterocycles. The fourth-order valence-corrected chi connectivity index (χ4v) is 3.30. The molecular formula is C24H36O4. The predicted octanol–water partition coefficient (Wildman–Crippen LogP) is 6.72. The van der Waals surface area contributed by atoms with Crippen molar-refractivity contribution in [2.75, 3.05) is 0 Å². The summed E-state index contributed by atoms with van der Waals surface area (Å²) in [7, 11) is 0. The number of ether oxygens (including phenoxy) is 1. The predicted molar refractivity (Wildman–Crippen MR) is 114 cm³/mol. The van der Waals surface area contributed by atoms with Crippen LogP contribution >= 0.6 is 0 Å². The first-order valence-electron chi connectivity index (χ1n) is 10.7. The molecule has 0 atom stereocenters. The lowest BCUT2D eigenvalue weighted by Crippen LogP contribution is -2.10. The van der Waals surface area contributed by atoms with Crippen LogP contribution in [0, 0.1) is 0 Å². The molecule has 0 saturated carbocycles. The van der Waals surface area contributed by atoms with Crippen molar-refractivity contribution in [1.29, 1.82) is 0 Å². The molecule has 4 heteroatoms. The number of aryl methyl sites for hydroxylation is 1. The molecule has 0 spiro atoms. The highest BCUT2D eigenvalue weighted by molar-refractivity contribution is 5.93. The highest BCUT2D eigenvalue weighted by Crippen LogP contribution is 2.24. The number of unbranched alkanes of at least 4 members (excludes halogenated alkanes) is 9. The Morgan fingerprint density at radius 3 is 2.14 bits per heavy atom. The van der Waals surface area contributed by atoms with E-state index in [1.54, 1.807) is 6.07 Å². The van der Waals surface area contributed by atoms with E-state index in [4.69, 9.17) is 4.74 Å². The SMILES string of the molecule is CCCCCCC=CCCCCCCCc1cccc(OC(C)=O)c1C(=O)O. The molecule has 1 aromatic carbocycles. The average molecular weight is 389 g/mol. The quantitative estimate of drug-likeness (QED) is 0.157. The third kappa shape index (κ3) is 10.3. The Morgan fingerprint density at radius 2 is 1.54 bits per heavy atom. The van der Waals surface area contributed by atoms with Gasteiger partial charge < -0.3 is 9.84 Å². The van der Waals surface area contributed by atoms with Crippen molar-refractivity contribution in [2.24, 2.45) is 0 Å². The Bertz CT molecular complexity index is 619. The zero-order valence-electron chi connectivity index (χ0n) is 17.5. The molecule has 28 heavy (non-hydrogen) atoms. The smallest absolute Gasteiger partial charge is 0.339 e. The van der Waals surface area contributed by atoms with Gasteiger partial charge in [-0.1, -0.05) is 69.7 Å². The molecule has 0 radical (unpaired) electrons. The second-order valence-corrected chi connectivity index (χ2v) is 7.32. The Morgan fingerprint density at radius 1 is 0.929 bits per heavy atom. The number of hydrogen-bond acceptors (Lipinski definition) is 3. The van der Waals surface area contributed by atoms with E-state index in [0.717, 1.165) is 31.2 Å². The lowest BCUT2D eigenvalue weighted by molar-refractivity contribution is -0.131. The topological polar surface area (TPSA) is 63.6 Å². The van der Waals surface area contributed by atoms with Gasteiger partial charge in [0.15, 0.2) is 0 Å². The summed E-state index contributed by atoms with van der Waals surface area (Å²) < 4.78 is 5.04. The fraction of sp³-hybridized carbons (Fsp3) is 0.583. The summed E-state index contributed by atoms with van der Waals surface area (Å²) in [5.74, 6) is -1.41. The molecule has 1 N–H and O–H groups in total. The highest BCUT2D eigenvalue weighted by atomic mass is 16.5. The van der Waals surface area contributed by atoms with Gasteiger partial charge in [-0.15, -0.1) is 0 Å². The van der Waals surface area contributed by atoms with Crippen LogP contribution in [0.25, 0.3) is 0 Å². The molecule has 0 unspecified atom stereocenters. The molecule has 0 aromatic heterocycles. The summed E-state index contributed by atoms with van der Waals surface area (Å²) in [6, 6.07) is 5.09. The molecule has 0 aliphatic heterocycles. The maximum Gasteiger partial charge on any atom is 0.339 e. The summed E-state index contributed by atoms with van der Waals surface area (Å²) >= 11 is 0. The Kier molecular flexibility index (Phi) is 12.7. The summed E-state index contributed by atoms with van der Waals surface area (Å²) in [6.07, 6.45) is 18.6. The lowest BCUT2D eigenvalue weighted by atomic mass is 9.99. The van der Waals surface area contributed by atoms with Gasteiger partial charge >= 0.3 is 11.9 Å². The molecule has 4 nitrogen and oxygen atoms in total. The van der Waals surface area contributed by atoms with Crippen LogP contribution in [0.2, 0.25) is 0 Å². The van der Waals surface area contributed by atoms with Crippen LogP contribution in [0.1, 0.15) is 100 Å². The minimum absolute atomic E-state index is 0.113. The lowest BCUT2D eigenvalue weighted by Gasteiger charge is -2.11. The summed E-state index contributed by atoms with van der Waals surface area (Å²) in [5.41, 5.74) is 0.846. The molecule has 0 heterocycles. The van der Waals surface area contributed by atoms with E-state index in [9.17, 15) is 14.7 Å². The molecule has 1 rings (SSSR count). The van der Waals surface area contributed by atoms with Crippen LogP contribution in [0.5, 0.6) is 5.75 Å². The van der Waals surface area contributed by atoms with Crippen LogP contribution in [0.15, 0.2) is 30.4 Å². The first-order chi connectivity index (χ1) is 13.6. The number of allylic oxidation sites excluding steroid dienone is 2. The maximum absolute atomic E-state index is 11.6. The molecule has 0 aliphatic carbocycles. The Labute approximate surface area is 170 Å². The third-order valence-electron chi connectivity index (χ3n) is 4.79. The fourth-order valence-electron chi connectivity index (χ4n) is 3.30. The van der Waals surface area contributed by atoms with Crippen LogP contribution in [0.3, 0.4) is 0 Å². The first-order valence-corrected chi connectivity index (χ1v) is 10.7. The molecule has 0 fully saturated rings. The molecular weight excluding hydrogens is 352 g/mol. The second kappa shape index (κ2) is 14.9. The van der Waals surface area contributed by atoms with E-state index < -0.39 is 11.9 Å². The van der Waals surface area contributed by atoms with Gasteiger partial charge in [-0.05, 0) is 50.2 Å². The van der Waals surface area contributed by atoms with Crippen LogP contribution in [-0.4, -0.2) is 17.0 Å². The zero-order valence-corrected chi connectivity index (χ0v) is 17.5. The zero-order chi connectivity index (χ0) is 20.6.